The number of guanidine groups is 1. The molecule has 0 aliphatic rings. The Morgan fingerprint density at radius 3 is 2.50 bits per heavy atom. The van der Waals surface area contributed by atoms with Gasteiger partial charge in [-0.15, -0.1) is 24.0 Å². The number of anilines is 1. The van der Waals surface area contributed by atoms with Crippen molar-refractivity contribution in [2.24, 2.45) is 10.7 Å². The molecule has 3 rings (SSSR count). The van der Waals surface area contributed by atoms with Gasteiger partial charge in [-0.1, -0.05) is 42.5 Å². The van der Waals surface area contributed by atoms with Crippen LogP contribution in [0, 0.1) is 13.8 Å². The van der Waals surface area contributed by atoms with E-state index >= 15 is 0 Å². The lowest BCUT2D eigenvalue weighted by Crippen LogP contribution is -2.23. The summed E-state index contributed by atoms with van der Waals surface area (Å²) in [5.74, 6) is 1.06. The van der Waals surface area contributed by atoms with Gasteiger partial charge in [-0.25, -0.2) is 4.99 Å². The van der Waals surface area contributed by atoms with E-state index in [4.69, 9.17) is 10.5 Å². The van der Waals surface area contributed by atoms with Crippen molar-refractivity contribution >= 4 is 35.6 Å². The Morgan fingerprint density at radius 2 is 1.79 bits per heavy atom. The third kappa shape index (κ3) is 5.25. The number of aliphatic imine (C=N–C) groups is 1. The number of hydrogen-bond acceptors (Lipinski definition) is 3. The van der Waals surface area contributed by atoms with Gasteiger partial charge in [-0.3, -0.25) is 4.68 Å². The number of ether oxygens (including phenoxy) is 1. The van der Waals surface area contributed by atoms with Gasteiger partial charge in [0.1, 0.15) is 5.75 Å². The maximum Gasteiger partial charge on any atom is 0.193 e. The van der Waals surface area contributed by atoms with Gasteiger partial charge in [0.2, 0.25) is 0 Å². The molecule has 0 aliphatic carbocycles. The number of nitrogens with two attached hydrogens (primary N) is 1. The van der Waals surface area contributed by atoms with Crippen LogP contribution < -0.4 is 15.8 Å². The molecule has 2 aromatic carbocycles. The number of hydrogen-bond donors (Lipinski definition) is 2. The SMILES string of the molecule is COc1ccccc1NC(N)=NCc1c(C)nn(Cc2ccccc2)c1C.I. The van der Waals surface area contributed by atoms with Crippen LogP contribution in [0.15, 0.2) is 59.6 Å². The van der Waals surface area contributed by atoms with Crippen LogP contribution in [0.3, 0.4) is 0 Å². The topological polar surface area (TPSA) is 77.5 Å². The smallest absolute Gasteiger partial charge is 0.193 e. The van der Waals surface area contributed by atoms with Crippen LogP contribution in [0.4, 0.5) is 5.69 Å². The van der Waals surface area contributed by atoms with E-state index < -0.39 is 0 Å². The fourth-order valence-electron chi connectivity index (χ4n) is 2.96. The molecule has 0 saturated heterocycles. The summed E-state index contributed by atoms with van der Waals surface area (Å²) in [4.78, 5) is 4.48. The van der Waals surface area contributed by atoms with E-state index in [1.54, 1.807) is 7.11 Å². The third-order valence-corrected chi connectivity index (χ3v) is 4.48. The Bertz CT molecular complexity index is 937. The summed E-state index contributed by atoms with van der Waals surface area (Å²) in [5.41, 5.74) is 11.2. The molecule has 0 bridgehead atoms. The molecule has 0 radical (unpaired) electrons. The van der Waals surface area contributed by atoms with Crippen molar-refractivity contribution in [1.29, 1.82) is 0 Å². The fraction of sp³-hybridized carbons (Fsp3) is 0.238. The Balaban J connectivity index is 0.00000280. The molecular weight excluding hydrogens is 465 g/mol. The van der Waals surface area contributed by atoms with Crippen LogP contribution in [0.5, 0.6) is 5.75 Å². The number of aryl methyl sites for hydroxylation is 1. The number of nitrogens with one attached hydrogen (secondary N) is 1. The van der Waals surface area contributed by atoms with Gasteiger partial charge in [0, 0.05) is 11.3 Å². The van der Waals surface area contributed by atoms with Crippen molar-refractivity contribution in [3.63, 3.8) is 0 Å². The van der Waals surface area contributed by atoms with Crippen LogP contribution in [-0.2, 0) is 13.1 Å². The zero-order valence-electron chi connectivity index (χ0n) is 16.3. The van der Waals surface area contributed by atoms with Crippen LogP contribution in [0.2, 0.25) is 0 Å². The second-order valence-corrected chi connectivity index (χ2v) is 6.32. The second-order valence-electron chi connectivity index (χ2n) is 6.32. The molecule has 6 nitrogen and oxygen atoms in total. The lowest BCUT2D eigenvalue weighted by Gasteiger charge is -2.10. The largest absolute Gasteiger partial charge is 0.495 e. The summed E-state index contributed by atoms with van der Waals surface area (Å²) in [6.45, 7) is 5.29. The molecule has 0 spiro atoms. The number of aromatic nitrogens is 2. The van der Waals surface area contributed by atoms with Gasteiger partial charge in [-0.2, -0.15) is 5.10 Å². The molecule has 0 amide bonds. The summed E-state index contributed by atoms with van der Waals surface area (Å²) in [5, 5.41) is 7.75. The van der Waals surface area contributed by atoms with E-state index in [1.165, 1.54) is 5.56 Å². The quantitative estimate of drug-likeness (QED) is 0.309. The molecule has 0 aliphatic heterocycles. The molecule has 148 valence electrons. The van der Waals surface area contributed by atoms with Crippen molar-refractivity contribution in [2.75, 3.05) is 12.4 Å². The zero-order valence-corrected chi connectivity index (χ0v) is 18.7. The summed E-state index contributed by atoms with van der Waals surface area (Å²) >= 11 is 0. The van der Waals surface area contributed by atoms with Crippen molar-refractivity contribution < 1.29 is 4.74 Å². The molecule has 1 heterocycles. The molecule has 0 unspecified atom stereocenters. The number of nitrogens with zero attached hydrogens (tertiary/aromatic N) is 3. The van der Waals surface area contributed by atoms with E-state index in [1.807, 2.05) is 54.1 Å². The van der Waals surface area contributed by atoms with E-state index in [9.17, 15) is 0 Å². The minimum Gasteiger partial charge on any atom is -0.495 e. The standard InChI is InChI=1S/C21H25N5O.HI/c1-15-18(16(2)26(25-15)14-17-9-5-4-6-10-17)13-23-21(22)24-19-11-7-8-12-20(19)27-3;/h4-12H,13-14H2,1-3H3,(H3,22,23,24);1H. The maximum atomic E-state index is 6.06. The molecule has 1 aromatic heterocycles. The first-order chi connectivity index (χ1) is 13.1. The van der Waals surface area contributed by atoms with Crippen molar-refractivity contribution in [2.45, 2.75) is 26.9 Å². The highest BCUT2D eigenvalue weighted by Gasteiger charge is 2.12. The van der Waals surface area contributed by atoms with Crippen molar-refractivity contribution in [3.8, 4) is 5.75 Å². The molecule has 28 heavy (non-hydrogen) atoms. The van der Waals surface area contributed by atoms with Gasteiger partial charge in [0.15, 0.2) is 5.96 Å². The average molecular weight is 491 g/mol. The molecule has 3 aromatic rings. The fourth-order valence-corrected chi connectivity index (χ4v) is 2.96. The minimum atomic E-state index is 0. The molecule has 0 atom stereocenters. The molecular formula is C21H26IN5O. The lowest BCUT2D eigenvalue weighted by atomic mass is 10.2. The normalized spacial score (nSPS) is 11.0. The number of benzene rings is 2. The van der Waals surface area contributed by atoms with Gasteiger partial charge >= 0.3 is 0 Å². The maximum absolute atomic E-state index is 6.06. The summed E-state index contributed by atoms with van der Waals surface area (Å²) < 4.78 is 7.33. The van der Waals surface area contributed by atoms with E-state index in [0.717, 1.165) is 34.9 Å². The first-order valence-corrected chi connectivity index (χ1v) is 8.85. The highest BCUT2D eigenvalue weighted by molar-refractivity contribution is 14.0. The lowest BCUT2D eigenvalue weighted by molar-refractivity contribution is 0.417. The Labute approximate surface area is 182 Å². The summed E-state index contributed by atoms with van der Waals surface area (Å²) in [6, 6.07) is 17.9. The predicted octanol–water partition coefficient (Wildman–Crippen LogP) is 4.10. The number of methoxy groups -OCH3 is 1. The van der Waals surface area contributed by atoms with Gasteiger partial charge in [-0.05, 0) is 31.5 Å². The summed E-state index contributed by atoms with van der Waals surface area (Å²) in [7, 11) is 1.63. The Hall–Kier alpha value is -2.55. The Morgan fingerprint density at radius 1 is 1.11 bits per heavy atom. The Kier molecular flexibility index (Phi) is 7.86. The van der Waals surface area contributed by atoms with Gasteiger partial charge in [0.25, 0.3) is 0 Å². The van der Waals surface area contributed by atoms with Crippen molar-refractivity contribution in [3.05, 3.63) is 77.1 Å². The monoisotopic (exact) mass is 491 g/mol. The van der Waals surface area contributed by atoms with Crippen LogP contribution in [-0.4, -0.2) is 22.8 Å². The van der Waals surface area contributed by atoms with Crippen molar-refractivity contribution in [1.82, 2.24) is 9.78 Å². The molecule has 3 N–H and O–H groups in total. The third-order valence-electron chi connectivity index (χ3n) is 4.48. The first-order valence-electron chi connectivity index (χ1n) is 8.85. The highest BCUT2D eigenvalue weighted by atomic mass is 127. The molecule has 0 saturated carbocycles. The average Bonchev–Trinajstić information content (AvgIpc) is 2.94. The van der Waals surface area contributed by atoms with Gasteiger partial charge < -0.3 is 15.8 Å². The number of halogens is 1. The van der Waals surface area contributed by atoms with Gasteiger partial charge in [0.05, 0.1) is 31.6 Å². The zero-order chi connectivity index (χ0) is 19.2. The van der Waals surface area contributed by atoms with Crippen LogP contribution >= 0.6 is 24.0 Å². The minimum absolute atomic E-state index is 0. The number of rotatable bonds is 6. The predicted molar refractivity (Wildman–Crippen MR) is 125 cm³/mol. The van der Waals surface area contributed by atoms with Crippen LogP contribution in [0.25, 0.3) is 0 Å². The van der Waals surface area contributed by atoms with E-state index in [-0.39, 0.29) is 24.0 Å². The summed E-state index contributed by atoms with van der Waals surface area (Å²) in [6.07, 6.45) is 0. The van der Waals surface area contributed by atoms with Crippen LogP contribution in [0.1, 0.15) is 22.5 Å². The van der Waals surface area contributed by atoms with E-state index in [0.29, 0.717) is 12.5 Å². The number of para-hydroxylation sites is 2. The molecule has 7 heteroatoms. The van der Waals surface area contributed by atoms with E-state index in [2.05, 4.69) is 34.5 Å². The first kappa shape index (κ1) is 21.7. The highest BCUT2D eigenvalue weighted by Crippen LogP contribution is 2.23. The second kappa shape index (κ2) is 10.1. The molecule has 0 fully saturated rings.